The second-order valence-electron chi connectivity index (χ2n) is 5.02. The first-order chi connectivity index (χ1) is 8.75. The third-order valence-electron chi connectivity index (χ3n) is 3.78. The first-order valence-corrected chi connectivity index (χ1v) is 6.51. The van der Waals surface area contributed by atoms with E-state index in [4.69, 9.17) is 0 Å². The highest BCUT2D eigenvalue weighted by molar-refractivity contribution is 6.06. The van der Waals surface area contributed by atoms with Gasteiger partial charge >= 0.3 is 0 Å². The van der Waals surface area contributed by atoms with E-state index in [2.05, 4.69) is 5.43 Å². The van der Waals surface area contributed by atoms with Crippen molar-refractivity contribution in [3.8, 4) is 0 Å². The quantitative estimate of drug-likeness (QED) is 0.814. The maximum absolute atomic E-state index is 12.3. The lowest BCUT2D eigenvalue weighted by Gasteiger charge is -2.22. The number of carbonyl (C=O) groups excluding carboxylic acids is 2. The van der Waals surface area contributed by atoms with Crippen LogP contribution in [0.4, 0.5) is 0 Å². The molecule has 1 atom stereocenters. The molecule has 5 heteroatoms. The van der Waals surface area contributed by atoms with Gasteiger partial charge in [-0.15, -0.1) is 0 Å². The van der Waals surface area contributed by atoms with Crippen molar-refractivity contribution in [1.82, 2.24) is 9.58 Å². The number of nitrogens with zero attached hydrogens (tertiary/aromatic N) is 2. The van der Waals surface area contributed by atoms with Gasteiger partial charge in [0.2, 0.25) is 5.91 Å². The summed E-state index contributed by atoms with van der Waals surface area (Å²) in [7, 11) is 0. The summed E-state index contributed by atoms with van der Waals surface area (Å²) in [4.78, 5) is 25.7. The number of rotatable bonds is 3. The van der Waals surface area contributed by atoms with Crippen LogP contribution in [-0.4, -0.2) is 33.5 Å². The van der Waals surface area contributed by atoms with Crippen molar-refractivity contribution in [2.75, 3.05) is 5.43 Å². The number of nitrogens with one attached hydrogen (secondary N) is 1. The van der Waals surface area contributed by atoms with Gasteiger partial charge in [-0.25, -0.2) is 0 Å². The van der Waals surface area contributed by atoms with Crippen LogP contribution in [0.1, 0.15) is 32.1 Å². The average molecular weight is 247 g/mol. The van der Waals surface area contributed by atoms with E-state index in [-0.39, 0.29) is 24.3 Å². The molecule has 1 saturated heterocycles. The Morgan fingerprint density at radius 1 is 1.11 bits per heavy atom. The number of hydrogen-bond acceptors (Lipinski definition) is 3. The molecule has 0 aromatic carbocycles. The third kappa shape index (κ3) is 1.89. The maximum atomic E-state index is 12.3. The van der Waals surface area contributed by atoms with Crippen LogP contribution in [0.5, 0.6) is 0 Å². The van der Waals surface area contributed by atoms with Gasteiger partial charge in [-0.2, -0.15) is 0 Å². The number of hydrogen-bond donors (Lipinski definition) is 1. The van der Waals surface area contributed by atoms with Crippen molar-refractivity contribution >= 4 is 11.8 Å². The van der Waals surface area contributed by atoms with Gasteiger partial charge < -0.3 is 5.43 Å². The number of carbonyl (C=O) groups is 2. The molecule has 1 aromatic rings. The number of imide groups is 1. The Morgan fingerprint density at radius 2 is 1.78 bits per heavy atom. The molecule has 0 bridgehead atoms. The molecule has 0 spiro atoms. The van der Waals surface area contributed by atoms with Crippen molar-refractivity contribution in [2.24, 2.45) is 0 Å². The predicted octanol–water partition coefficient (Wildman–Crippen LogP) is 1.10. The minimum absolute atomic E-state index is 0.0310. The molecule has 2 amide bonds. The van der Waals surface area contributed by atoms with Crippen molar-refractivity contribution in [3.05, 3.63) is 24.5 Å². The van der Waals surface area contributed by atoms with Gasteiger partial charge in [0.15, 0.2) is 0 Å². The molecule has 2 fully saturated rings. The van der Waals surface area contributed by atoms with Crippen molar-refractivity contribution < 1.29 is 9.59 Å². The number of aromatic nitrogens is 1. The molecule has 1 N–H and O–H groups in total. The minimum atomic E-state index is -0.412. The summed E-state index contributed by atoms with van der Waals surface area (Å²) < 4.78 is 1.73. The highest BCUT2D eigenvalue weighted by Crippen LogP contribution is 2.28. The Kier molecular flexibility index (Phi) is 2.81. The molecular formula is C13H17N3O2. The summed E-state index contributed by atoms with van der Waals surface area (Å²) in [6, 6.07) is 3.48. The zero-order valence-corrected chi connectivity index (χ0v) is 10.2. The Balaban J connectivity index is 1.71. The van der Waals surface area contributed by atoms with Gasteiger partial charge in [-0.1, -0.05) is 12.8 Å². The zero-order valence-electron chi connectivity index (χ0n) is 10.2. The standard InChI is InChI=1S/C13H17N3O2/c17-12-9-11(14-15-7-3-4-8-15)13(18)16(12)10-5-1-2-6-10/h3-4,7-8,10-11,14H,1-2,5-6,9H2. The van der Waals surface area contributed by atoms with Crippen LogP contribution >= 0.6 is 0 Å². The fraction of sp³-hybridized carbons (Fsp3) is 0.538. The Hall–Kier alpha value is -1.78. The van der Waals surface area contributed by atoms with Crippen molar-refractivity contribution in [1.29, 1.82) is 0 Å². The molecule has 0 radical (unpaired) electrons. The van der Waals surface area contributed by atoms with E-state index in [1.807, 2.05) is 24.5 Å². The molecule has 1 saturated carbocycles. The Morgan fingerprint density at radius 3 is 2.44 bits per heavy atom. The van der Waals surface area contributed by atoms with Crippen LogP contribution in [0.2, 0.25) is 0 Å². The van der Waals surface area contributed by atoms with Crippen LogP contribution in [0.25, 0.3) is 0 Å². The van der Waals surface area contributed by atoms with E-state index < -0.39 is 6.04 Å². The van der Waals surface area contributed by atoms with E-state index in [0.717, 1.165) is 25.7 Å². The largest absolute Gasteiger partial charge is 0.313 e. The van der Waals surface area contributed by atoms with Gasteiger partial charge in [0.1, 0.15) is 6.04 Å². The molecule has 18 heavy (non-hydrogen) atoms. The van der Waals surface area contributed by atoms with E-state index in [1.165, 1.54) is 4.90 Å². The number of amides is 2. The highest BCUT2D eigenvalue weighted by Gasteiger charge is 2.43. The molecule has 1 aliphatic carbocycles. The molecular weight excluding hydrogens is 230 g/mol. The second kappa shape index (κ2) is 4.48. The minimum Gasteiger partial charge on any atom is -0.313 e. The zero-order chi connectivity index (χ0) is 12.5. The molecule has 2 heterocycles. The van der Waals surface area contributed by atoms with Crippen LogP contribution in [0.3, 0.4) is 0 Å². The van der Waals surface area contributed by atoms with Gasteiger partial charge in [0, 0.05) is 18.4 Å². The molecule has 1 unspecified atom stereocenters. The average Bonchev–Trinajstić information content (AvgIpc) is 3.03. The lowest BCUT2D eigenvalue weighted by atomic mass is 10.2. The molecule has 96 valence electrons. The summed E-state index contributed by atoms with van der Waals surface area (Å²) in [5.74, 6) is -0.0999. The van der Waals surface area contributed by atoms with Crippen molar-refractivity contribution in [2.45, 2.75) is 44.2 Å². The Labute approximate surface area is 106 Å². The summed E-state index contributed by atoms with van der Waals surface area (Å²) in [5, 5.41) is 0. The maximum Gasteiger partial charge on any atom is 0.254 e. The normalized spacial score (nSPS) is 25.1. The van der Waals surface area contributed by atoms with E-state index in [9.17, 15) is 9.59 Å². The molecule has 2 aliphatic rings. The van der Waals surface area contributed by atoms with E-state index in [1.54, 1.807) is 4.68 Å². The van der Waals surface area contributed by atoms with Gasteiger partial charge in [0.05, 0.1) is 6.42 Å². The van der Waals surface area contributed by atoms with Gasteiger partial charge in [-0.05, 0) is 25.0 Å². The highest BCUT2D eigenvalue weighted by atomic mass is 16.2. The third-order valence-corrected chi connectivity index (χ3v) is 3.78. The monoisotopic (exact) mass is 247 g/mol. The SMILES string of the molecule is O=C1CC(Nn2cccc2)C(=O)N1C1CCCC1. The van der Waals surface area contributed by atoms with Crippen LogP contribution in [0.15, 0.2) is 24.5 Å². The smallest absolute Gasteiger partial charge is 0.254 e. The lowest BCUT2D eigenvalue weighted by molar-refractivity contribution is -0.141. The summed E-state index contributed by atoms with van der Waals surface area (Å²) in [6.45, 7) is 0. The molecule has 3 rings (SSSR count). The topological polar surface area (TPSA) is 54.3 Å². The van der Waals surface area contributed by atoms with E-state index >= 15 is 0 Å². The van der Waals surface area contributed by atoms with Crippen LogP contribution < -0.4 is 5.43 Å². The first-order valence-electron chi connectivity index (χ1n) is 6.51. The molecule has 1 aliphatic heterocycles. The second-order valence-corrected chi connectivity index (χ2v) is 5.02. The van der Waals surface area contributed by atoms with Crippen LogP contribution in [-0.2, 0) is 9.59 Å². The summed E-state index contributed by atoms with van der Waals surface area (Å²) >= 11 is 0. The first kappa shape index (κ1) is 11.3. The summed E-state index contributed by atoms with van der Waals surface area (Å²) in [6.07, 6.45) is 8.11. The lowest BCUT2D eigenvalue weighted by Crippen LogP contribution is -2.42. The Bertz CT molecular complexity index is 449. The van der Waals surface area contributed by atoms with Crippen LogP contribution in [0, 0.1) is 0 Å². The number of likely N-dealkylation sites (tertiary alicyclic amines) is 1. The molecule has 5 nitrogen and oxygen atoms in total. The fourth-order valence-corrected chi connectivity index (χ4v) is 2.90. The van der Waals surface area contributed by atoms with Crippen molar-refractivity contribution in [3.63, 3.8) is 0 Å². The molecule has 1 aromatic heterocycles. The summed E-state index contributed by atoms with van der Waals surface area (Å²) in [5.41, 5.74) is 3.06. The predicted molar refractivity (Wildman–Crippen MR) is 66.3 cm³/mol. The fourth-order valence-electron chi connectivity index (χ4n) is 2.90. The van der Waals surface area contributed by atoms with E-state index in [0.29, 0.717) is 0 Å². The van der Waals surface area contributed by atoms with Gasteiger partial charge in [0.25, 0.3) is 5.91 Å². The van der Waals surface area contributed by atoms with Gasteiger partial charge in [-0.3, -0.25) is 19.2 Å².